The second-order valence-corrected chi connectivity index (χ2v) is 3.70. The summed E-state index contributed by atoms with van der Waals surface area (Å²) in [7, 11) is 0. The molecule has 17 heavy (non-hydrogen) atoms. The number of benzene rings is 1. The number of hydrogen-bond donors (Lipinski definition) is 1. The van der Waals surface area contributed by atoms with Crippen LogP contribution >= 0.6 is 0 Å². The van der Waals surface area contributed by atoms with E-state index in [9.17, 15) is 4.79 Å². The molecule has 0 spiro atoms. The summed E-state index contributed by atoms with van der Waals surface area (Å²) in [6.45, 7) is 2.00. The molecular formula is C14H13NO2. The van der Waals surface area contributed by atoms with E-state index in [2.05, 4.69) is 5.32 Å². The fourth-order valence-electron chi connectivity index (χ4n) is 1.36. The van der Waals surface area contributed by atoms with Crippen LogP contribution in [0, 0.1) is 6.92 Å². The normalized spacial score (nSPS) is 10.6. The van der Waals surface area contributed by atoms with Crippen molar-refractivity contribution in [1.82, 2.24) is 0 Å². The Balaban J connectivity index is 1.95. The van der Waals surface area contributed by atoms with Crippen molar-refractivity contribution in [2.24, 2.45) is 0 Å². The van der Waals surface area contributed by atoms with Crippen molar-refractivity contribution < 1.29 is 9.21 Å². The van der Waals surface area contributed by atoms with Crippen LogP contribution in [0.15, 0.2) is 53.2 Å². The van der Waals surface area contributed by atoms with Crippen LogP contribution in [0.5, 0.6) is 0 Å². The smallest absolute Gasteiger partial charge is 0.248 e. The Kier molecular flexibility index (Phi) is 3.40. The Morgan fingerprint density at radius 2 is 2.00 bits per heavy atom. The summed E-state index contributed by atoms with van der Waals surface area (Å²) >= 11 is 0. The molecular weight excluding hydrogens is 214 g/mol. The van der Waals surface area contributed by atoms with Crippen molar-refractivity contribution >= 4 is 17.7 Å². The first kappa shape index (κ1) is 11.2. The van der Waals surface area contributed by atoms with Crippen LogP contribution in [0.1, 0.15) is 11.3 Å². The number of aryl methyl sites for hydroxylation is 1. The lowest BCUT2D eigenvalue weighted by atomic mass is 10.2. The molecule has 1 aromatic heterocycles. The molecule has 3 nitrogen and oxygen atoms in total. The van der Waals surface area contributed by atoms with Crippen molar-refractivity contribution in [2.75, 3.05) is 5.32 Å². The van der Waals surface area contributed by atoms with Gasteiger partial charge in [0.25, 0.3) is 0 Å². The minimum atomic E-state index is -0.176. The number of carbonyl (C=O) groups is 1. The molecule has 2 rings (SSSR count). The molecule has 0 aliphatic rings. The molecule has 0 unspecified atom stereocenters. The molecule has 0 fully saturated rings. The summed E-state index contributed by atoms with van der Waals surface area (Å²) in [4.78, 5) is 11.6. The Labute approximate surface area is 99.8 Å². The summed E-state index contributed by atoms with van der Waals surface area (Å²) in [5.41, 5.74) is 1.94. The van der Waals surface area contributed by atoms with E-state index >= 15 is 0 Å². The zero-order chi connectivity index (χ0) is 12.1. The van der Waals surface area contributed by atoms with Gasteiger partial charge in [-0.15, -0.1) is 0 Å². The monoisotopic (exact) mass is 227 g/mol. The zero-order valence-electron chi connectivity index (χ0n) is 9.51. The van der Waals surface area contributed by atoms with Crippen LogP contribution < -0.4 is 5.32 Å². The highest BCUT2D eigenvalue weighted by molar-refractivity contribution is 6.01. The van der Waals surface area contributed by atoms with Gasteiger partial charge in [-0.3, -0.25) is 4.79 Å². The van der Waals surface area contributed by atoms with Gasteiger partial charge < -0.3 is 9.73 Å². The van der Waals surface area contributed by atoms with Crippen LogP contribution in [-0.4, -0.2) is 5.91 Å². The predicted molar refractivity (Wildman–Crippen MR) is 67.6 cm³/mol. The second kappa shape index (κ2) is 5.16. The van der Waals surface area contributed by atoms with Gasteiger partial charge in [-0.2, -0.15) is 0 Å². The van der Waals surface area contributed by atoms with E-state index in [4.69, 9.17) is 4.42 Å². The van der Waals surface area contributed by atoms with Gasteiger partial charge >= 0.3 is 0 Å². The summed E-state index contributed by atoms with van der Waals surface area (Å²) < 4.78 is 5.08. The standard InChI is InChI=1S/C14H13NO2/c1-11-4-6-12(7-5-11)15-14(16)9-8-13-3-2-10-17-13/h2-10H,1H3,(H,15,16). The fraction of sp³-hybridized carbons (Fsp3) is 0.0714. The van der Waals surface area contributed by atoms with E-state index in [1.165, 1.54) is 6.08 Å². The highest BCUT2D eigenvalue weighted by atomic mass is 16.3. The van der Waals surface area contributed by atoms with Gasteiger partial charge in [-0.05, 0) is 37.3 Å². The largest absolute Gasteiger partial charge is 0.465 e. The highest BCUT2D eigenvalue weighted by Crippen LogP contribution is 2.09. The third-order valence-electron chi connectivity index (χ3n) is 2.26. The lowest BCUT2D eigenvalue weighted by molar-refractivity contribution is -0.111. The summed E-state index contributed by atoms with van der Waals surface area (Å²) in [5, 5.41) is 2.76. The van der Waals surface area contributed by atoms with Crippen LogP contribution in [0.3, 0.4) is 0 Å². The first-order valence-corrected chi connectivity index (χ1v) is 5.33. The van der Waals surface area contributed by atoms with Gasteiger partial charge in [-0.1, -0.05) is 17.7 Å². The van der Waals surface area contributed by atoms with Gasteiger partial charge in [0, 0.05) is 11.8 Å². The minimum Gasteiger partial charge on any atom is -0.465 e. The molecule has 1 aromatic carbocycles. The van der Waals surface area contributed by atoms with Gasteiger partial charge in [0.1, 0.15) is 5.76 Å². The summed E-state index contributed by atoms with van der Waals surface area (Å²) in [6.07, 6.45) is 4.64. The molecule has 0 radical (unpaired) electrons. The molecule has 0 aliphatic heterocycles. The van der Waals surface area contributed by atoms with Crippen molar-refractivity contribution in [2.45, 2.75) is 6.92 Å². The Morgan fingerprint density at radius 1 is 1.24 bits per heavy atom. The number of carbonyl (C=O) groups excluding carboxylic acids is 1. The number of furan rings is 1. The van der Waals surface area contributed by atoms with Crippen LogP contribution in [-0.2, 0) is 4.79 Å². The lowest BCUT2D eigenvalue weighted by Crippen LogP contribution is -2.07. The van der Waals surface area contributed by atoms with Crippen molar-refractivity contribution in [3.63, 3.8) is 0 Å². The molecule has 0 aliphatic carbocycles. The topological polar surface area (TPSA) is 42.2 Å². The van der Waals surface area contributed by atoms with Gasteiger partial charge in [0.05, 0.1) is 6.26 Å². The maximum atomic E-state index is 11.6. The molecule has 1 N–H and O–H groups in total. The van der Waals surface area contributed by atoms with Gasteiger partial charge in [0.15, 0.2) is 0 Å². The van der Waals surface area contributed by atoms with E-state index in [1.54, 1.807) is 24.5 Å². The summed E-state index contributed by atoms with van der Waals surface area (Å²) in [6, 6.07) is 11.2. The number of rotatable bonds is 3. The molecule has 0 saturated carbocycles. The number of amides is 1. The molecule has 2 aromatic rings. The fourth-order valence-corrected chi connectivity index (χ4v) is 1.36. The molecule has 0 atom stereocenters. The molecule has 3 heteroatoms. The summed E-state index contributed by atoms with van der Waals surface area (Å²) in [5.74, 6) is 0.481. The van der Waals surface area contributed by atoms with E-state index in [1.807, 2.05) is 31.2 Å². The number of hydrogen-bond acceptors (Lipinski definition) is 2. The van der Waals surface area contributed by atoms with Gasteiger partial charge in [-0.25, -0.2) is 0 Å². The van der Waals surface area contributed by atoms with Gasteiger partial charge in [0.2, 0.25) is 5.91 Å². The highest BCUT2D eigenvalue weighted by Gasteiger charge is 1.97. The quantitative estimate of drug-likeness (QED) is 0.818. The first-order valence-electron chi connectivity index (χ1n) is 5.33. The average molecular weight is 227 g/mol. The number of nitrogens with one attached hydrogen (secondary N) is 1. The maximum Gasteiger partial charge on any atom is 0.248 e. The Hall–Kier alpha value is -2.29. The van der Waals surface area contributed by atoms with Crippen molar-refractivity contribution in [3.8, 4) is 0 Å². The predicted octanol–water partition coefficient (Wildman–Crippen LogP) is 3.24. The SMILES string of the molecule is Cc1ccc(NC(=O)C=Cc2ccco2)cc1. The first-order chi connectivity index (χ1) is 8.24. The molecule has 0 saturated heterocycles. The second-order valence-electron chi connectivity index (χ2n) is 3.70. The third-order valence-corrected chi connectivity index (χ3v) is 2.26. The maximum absolute atomic E-state index is 11.6. The molecule has 1 heterocycles. The molecule has 86 valence electrons. The number of anilines is 1. The lowest BCUT2D eigenvalue weighted by Gasteiger charge is -2.01. The Morgan fingerprint density at radius 3 is 2.65 bits per heavy atom. The van der Waals surface area contributed by atoms with E-state index in [0.29, 0.717) is 5.76 Å². The zero-order valence-corrected chi connectivity index (χ0v) is 9.51. The average Bonchev–Trinajstić information content (AvgIpc) is 2.83. The molecule has 1 amide bonds. The third kappa shape index (κ3) is 3.34. The van der Waals surface area contributed by atoms with Crippen molar-refractivity contribution in [1.29, 1.82) is 0 Å². The Bertz CT molecular complexity index is 510. The van der Waals surface area contributed by atoms with E-state index in [-0.39, 0.29) is 5.91 Å². The van der Waals surface area contributed by atoms with E-state index < -0.39 is 0 Å². The van der Waals surface area contributed by atoms with Crippen LogP contribution in [0.2, 0.25) is 0 Å². The van der Waals surface area contributed by atoms with Crippen LogP contribution in [0.4, 0.5) is 5.69 Å². The minimum absolute atomic E-state index is 0.176. The van der Waals surface area contributed by atoms with Crippen molar-refractivity contribution in [3.05, 3.63) is 60.1 Å². The molecule has 0 bridgehead atoms. The van der Waals surface area contributed by atoms with Crippen LogP contribution in [0.25, 0.3) is 6.08 Å². The van der Waals surface area contributed by atoms with E-state index in [0.717, 1.165) is 11.3 Å².